The highest BCUT2D eigenvalue weighted by atomic mass is 32.2. The largest absolute Gasteiger partial charge is 0.495 e. The summed E-state index contributed by atoms with van der Waals surface area (Å²) < 4.78 is 32.9. The fraction of sp³-hybridized carbons (Fsp3) is 0.357. The molecule has 1 N–H and O–H groups in total. The molecule has 0 unspecified atom stereocenters. The number of nitrogens with one attached hydrogen (secondary N) is 1. The van der Waals surface area contributed by atoms with E-state index in [4.69, 9.17) is 4.74 Å². The van der Waals surface area contributed by atoms with Crippen molar-refractivity contribution < 1.29 is 13.2 Å². The van der Waals surface area contributed by atoms with Crippen molar-refractivity contribution in [1.82, 2.24) is 4.98 Å². The van der Waals surface area contributed by atoms with E-state index in [1.807, 2.05) is 33.8 Å². The van der Waals surface area contributed by atoms with Gasteiger partial charge >= 0.3 is 0 Å². The molecule has 21 heavy (non-hydrogen) atoms. The Morgan fingerprint density at radius 1 is 1.19 bits per heavy atom. The maximum atomic E-state index is 12.6. The number of hydrogen-bond acceptors (Lipinski definition) is 5. The van der Waals surface area contributed by atoms with Gasteiger partial charge in [-0.25, -0.2) is 13.4 Å². The van der Waals surface area contributed by atoms with E-state index in [1.54, 1.807) is 6.07 Å². The van der Waals surface area contributed by atoms with Crippen LogP contribution >= 0.6 is 11.3 Å². The van der Waals surface area contributed by atoms with Gasteiger partial charge in [0.05, 0.1) is 12.8 Å². The van der Waals surface area contributed by atoms with Gasteiger partial charge in [-0.15, -0.1) is 11.3 Å². The molecule has 0 aliphatic carbocycles. The molecule has 1 aromatic heterocycles. The topological polar surface area (TPSA) is 68.3 Å². The second kappa shape index (κ2) is 5.65. The quantitative estimate of drug-likeness (QED) is 0.937. The van der Waals surface area contributed by atoms with E-state index in [9.17, 15) is 8.42 Å². The number of hydrogen-bond donors (Lipinski definition) is 1. The van der Waals surface area contributed by atoms with Crippen molar-refractivity contribution in [2.75, 3.05) is 11.8 Å². The van der Waals surface area contributed by atoms with Gasteiger partial charge in [-0.1, -0.05) is 6.07 Å². The third kappa shape index (κ3) is 3.19. The first-order chi connectivity index (χ1) is 9.74. The first kappa shape index (κ1) is 15.8. The van der Waals surface area contributed by atoms with Crippen LogP contribution in [0.25, 0.3) is 0 Å². The lowest BCUT2D eigenvalue weighted by Crippen LogP contribution is -2.14. The third-order valence-corrected chi connectivity index (χ3v) is 5.59. The molecule has 0 saturated heterocycles. The lowest BCUT2D eigenvalue weighted by atomic mass is 10.1. The fourth-order valence-electron chi connectivity index (χ4n) is 2.06. The van der Waals surface area contributed by atoms with E-state index >= 15 is 0 Å². The summed E-state index contributed by atoms with van der Waals surface area (Å²) in [6.07, 6.45) is 0. The van der Waals surface area contributed by atoms with E-state index < -0.39 is 10.0 Å². The number of thiazole rings is 1. The van der Waals surface area contributed by atoms with E-state index in [2.05, 4.69) is 9.71 Å². The Kier molecular flexibility index (Phi) is 4.25. The summed E-state index contributed by atoms with van der Waals surface area (Å²) in [6.45, 7) is 7.43. The van der Waals surface area contributed by atoms with Crippen LogP contribution in [0.1, 0.15) is 21.7 Å². The van der Waals surface area contributed by atoms with Crippen molar-refractivity contribution in [1.29, 1.82) is 0 Å². The number of aromatic nitrogens is 1. The van der Waals surface area contributed by atoms with Crippen LogP contribution in [0.3, 0.4) is 0 Å². The molecule has 5 nitrogen and oxygen atoms in total. The summed E-state index contributed by atoms with van der Waals surface area (Å²) in [5, 5.41) is 0.367. The fourth-order valence-corrected chi connectivity index (χ4v) is 4.44. The zero-order valence-corrected chi connectivity index (χ0v) is 14.3. The normalized spacial score (nSPS) is 11.5. The summed E-state index contributed by atoms with van der Waals surface area (Å²) in [7, 11) is -2.26. The van der Waals surface area contributed by atoms with Crippen LogP contribution in [0.5, 0.6) is 5.75 Å². The number of sulfonamides is 1. The number of benzene rings is 1. The summed E-state index contributed by atoms with van der Waals surface area (Å²) >= 11 is 1.32. The Balaban J connectivity index is 2.49. The Bertz CT molecular complexity index is 760. The van der Waals surface area contributed by atoms with Gasteiger partial charge in [0.25, 0.3) is 10.0 Å². The van der Waals surface area contributed by atoms with Crippen molar-refractivity contribution in [3.8, 4) is 5.75 Å². The minimum Gasteiger partial charge on any atom is -0.495 e. The van der Waals surface area contributed by atoms with Crippen LogP contribution in [0.4, 0.5) is 5.13 Å². The predicted molar refractivity (Wildman–Crippen MR) is 84.9 cm³/mol. The summed E-state index contributed by atoms with van der Waals surface area (Å²) in [5.74, 6) is 0.359. The second-order valence-corrected chi connectivity index (χ2v) is 7.73. The zero-order chi connectivity index (χ0) is 15.8. The van der Waals surface area contributed by atoms with Gasteiger partial charge in [-0.2, -0.15) is 0 Å². The maximum absolute atomic E-state index is 12.6. The van der Waals surface area contributed by atoms with Gasteiger partial charge in [0.15, 0.2) is 5.13 Å². The number of aryl methyl sites for hydroxylation is 4. The standard InChI is InChI=1S/C14H18N2O3S2/c1-8-6-9(2)13(19-5)12(7-8)21(17,18)16-14-15-10(3)11(4)20-14/h6-7H,1-5H3,(H,15,16). The number of rotatable bonds is 4. The van der Waals surface area contributed by atoms with Crippen molar-refractivity contribution in [3.05, 3.63) is 33.8 Å². The average Bonchev–Trinajstić information content (AvgIpc) is 2.66. The van der Waals surface area contributed by atoms with Crippen LogP contribution in [0.2, 0.25) is 0 Å². The van der Waals surface area contributed by atoms with Gasteiger partial charge < -0.3 is 4.74 Å². The van der Waals surface area contributed by atoms with Crippen LogP contribution in [-0.2, 0) is 10.0 Å². The first-order valence-electron chi connectivity index (χ1n) is 6.36. The zero-order valence-electron chi connectivity index (χ0n) is 12.6. The maximum Gasteiger partial charge on any atom is 0.267 e. The highest BCUT2D eigenvalue weighted by Gasteiger charge is 2.23. The number of anilines is 1. The molecule has 2 aromatic rings. The molecule has 0 aliphatic rings. The molecule has 0 atom stereocenters. The van der Waals surface area contributed by atoms with Gasteiger partial charge in [0.1, 0.15) is 10.6 Å². The molecule has 0 aliphatic heterocycles. The lowest BCUT2D eigenvalue weighted by Gasteiger charge is -2.13. The minimum absolute atomic E-state index is 0.132. The summed E-state index contributed by atoms with van der Waals surface area (Å²) in [5.41, 5.74) is 2.47. The molecule has 0 amide bonds. The van der Waals surface area contributed by atoms with Gasteiger partial charge in [-0.05, 0) is 44.9 Å². The van der Waals surface area contributed by atoms with Crippen molar-refractivity contribution in [3.63, 3.8) is 0 Å². The Hall–Kier alpha value is -1.60. The SMILES string of the molecule is COc1c(C)cc(C)cc1S(=O)(=O)Nc1nc(C)c(C)s1. The van der Waals surface area contributed by atoms with Crippen molar-refractivity contribution in [2.45, 2.75) is 32.6 Å². The molecule has 0 bridgehead atoms. The molecule has 7 heteroatoms. The van der Waals surface area contributed by atoms with E-state index in [-0.39, 0.29) is 4.90 Å². The van der Waals surface area contributed by atoms with Crippen molar-refractivity contribution in [2.24, 2.45) is 0 Å². The lowest BCUT2D eigenvalue weighted by molar-refractivity contribution is 0.399. The number of ether oxygens (including phenoxy) is 1. The number of nitrogens with zero attached hydrogens (tertiary/aromatic N) is 1. The highest BCUT2D eigenvalue weighted by Crippen LogP contribution is 2.31. The Labute approximate surface area is 129 Å². The molecule has 1 heterocycles. The van der Waals surface area contributed by atoms with Gasteiger partial charge in [0, 0.05) is 4.88 Å². The Morgan fingerprint density at radius 2 is 1.86 bits per heavy atom. The molecule has 0 fully saturated rings. The monoisotopic (exact) mass is 326 g/mol. The molecule has 114 valence electrons. The Morgan fingerprint density at radius 3 is 2.38 bits per heavy atom. The van der Waals surface area contributed by atoms with Crippen LogP contribution in [-0.4, -0.2) is 20.5 Å². The summed E-state index contributed by atoms with van der Waals surface area (Å²) in [4.78, 5) is 5.33. The molecule has 0 radical (unpaired) electrons. The summed E-state index contributed by atoms with van der Waals surface area (Å²) in [6, 6.07) is 3.48. The van der Waals surface area contributed by atoms with Crippen LogP contribution < -0.4 is 9.46 Å². The van der Waals surface area contributed by atoms with Crippen molar-refractivity contribution >= 4 is 26.5 Å². The van der Waals surface area contributed by atoms with Crippen LogP contribution in [0.15, 0.2) is 17.0 Å². The predicted octanol–water partition coefficient (Wildman–Crippen LogP) is 3.19. The smallest absolute Gasteiger partial charge is 0.267 e. The average molecular weight is 326 g/mol. The number of methoxy groups -OCH3 is 1. The van der Waals surface area contributed by atoms with E-state index in [0.29, 0.717) is 10.9 Å². The minimum atomic E-state index is -3.73. The molecule has 1 aromatic carbocycles. The van der Waals surface area contributed by atoms with Crippen LogP contribution in [0, 0.1) is 27.7 Å². The van der Waals surface area contributed by atoms with E-state index in [0.717, 1.165) is 21.7 Å². The molecule has 2 rings (SSSR count). The van der Waals surface area contributed by atoms with E-state index in [1.165, 1.54) is 18.4 Å². The van der Waals surface area contributed by atoms with Gasteiger partial charge in [0.2, 0.25) is 0 Å². The highest BCUT2D eigenvalue weighted by molar-refractivity contribution is 7.93. The first-order valence-corrected chi connectivity index (χ1v) is 8.66. The molecule has 0 saturated carbocycles. The molecular formula is C14H18N2O3S2. The molecule has 0 spiro atoms. The molecular weight excluding hydrogens is 308 g/mol. The van der Waals surface area contributed by atoms with Gasteiger partial charge in [-0.3, -0.25) is 4.72 Å². The second-order valence-electron chi connectivity index (χ2n) is 4.88. The third-order valence-electron chi connectivity index (χ3n) is 3.13.